The summed E-state index contributed by atoms with van der Waals surface area (Å²) < 4.78 is 0. The van der Waals surface area contributed by atoms with E-state index in [1.54, 1.807) is 0 Å². The van der Waals surface area contributed by atoms with E-state index >= 15 is 0 Å². The Morgan fingerprint density at radius 2 is 2.12 bits per heavy atom. The zero-order chi connectivity index (χ0) is 11.7. The highest BCUT2D eigenvalue weighted by Crippen LogP contribution is 2.60. The molecule has 0 aromatic heterocycles. The van der Waals surface area contributed by atoms with E-state index in [-0.39, 0.29) is 5.91 Å². The zero-order valence-corrected chi connectivity index (χ0v) is 10.6. The maximum Gasteiger partial charge on any atom is 0.220 e. The monoisotopic (exact) mass is 236 g/mol. The van der Waals surface area contributed by atoms with E-state index < -0.39 is 0 Å². The van der Waals surface area contributed by atoms with Crippen molar-refractivity contribution in [2.45, 2.75) is 44.9 Å². The van der Waals surface area contributed by atoms with Crippen LogP contribution in [0.3, 0.4) is 0 Å². The third kappa shape index (κ3) is 2.82. The molecule has 1 heterocycles. The first-order valence-electron chi connectivity index (χ1n) is 7.26. The molecule has 1 saturated heterocycles. The number of rotatable bonds is 5. The van der Waals surface area contributed by atoms with Crippen molar-refractivity contribution < 1.29 is 4.79 Å². The number of hydrogen-bond acceptors (Lipinski definition) is 2. The lowest BCUT2D eigenvalue weighted by molar-refractivity contribution is -0.122. The summed E-state index contributed by atoms with van der Waals surface area (Å²) in [7, 11) is 0. The van der Waals surface area contributed by atoms with Crippen molar-refractivity contribution in [3.05, 3.63) is 0 Å². The fraction of sp³-hybridized carbons (Fsp3) is 0.929. The van der Waals surface area contributed by atoms with Crippen molar-refractivity contribution in [2.75, 3.05) is 19.6 Å². The molecule has 2 N–H and O–H groups in total. The fourth-order valence-electron chi connectivity index (χ4n) is 3.29. The van der Waals surface area contributed by atoms with E-state index in [1.807, 2.05) is 0 Å². The van der Waals surface area contributed by atoms with Crippen LogP contribution in [0, 0.1) is 17.3 Å². The number of piperidine rings is 1. The quantitative estimate of drug-likeness (QED) is 0.762. The van der Waals surface area contributed by atoms with Crippen molar-refractivity contribution in [1.29, 1.82) is 0 Å². The Kier molecular flexibility index (Phi) is 3.12. The van der Waals surface area contributed by atoms with Crippen molar-refractivity contribution in [3.63, 3.8) is 0 Å². The van der Waals surface area contributed by atoms with E-state index in [1.165, 1.54) is 38.5 Å². The number of amides is 1. The lowest BCUT2D eigenvalue weighted by Gasteiger charge is -2.23. The van der Waals surface area contributed by atoms with Crippen molar-refractivity contribution in [1.82, 2.24) is 10.6 Å². The second-order valence-electron chi connectivity index (χ2n) is 6.33. The standard InChI is InChI=1S/C14H24N2O/c17-13(8-11-2-1-7-15-9-11)16-10-14(5-6-14)12-3-4-12/h11-12,15H,1-10H2,(H,16,17). The lowest BCUT2D eigenvalue weighted by atomic mass is 9.95. The van der Waals surface area contributed by atoms with E-state index in [0.29, 0.717) is 11.3 Å². The number of carbonyl (C=O) groups excluding carboxylic acids is 1. The molecule has 2 aliphatic carbocycles. The third-order valence-corrected chi connectivity index (χ3v) is 4.85. The summed E-state index contributed by atoms with van der Waals surface area (Å²) in [6.45, 7) is 3.11. The Bertz CT molecular complexity index is 289. The van der Waals surface area contributed by atoms with Crippen LogP contribution in [0.2, 0.25) is 0 Å². The topological polar surface area (TPSA) is 41.1 Å². The smallest absolute Gasteiger partial charge is 0.220 e. The molecule has 3 rings (SSSR count). The summed E-state index contributed by atoms with van der Waals surface area (Å²) in [6.07, 6.45) is 8.68. The molecule has 3 heteroatoms. The molecule has 17 heavy (non-hydrogen) atoms. The molecule has 3 aliphatic rings. The van der Waals surface area contributed by atoms with Gasteiger partial charge in [-0.25, -0.2) is 0 Å². The molecule has 2 saturated carbocycles. The summed E-state index contributed by atoms with van der Waals surface area (Å²) in [5, 5.41) is 6.56. The molecular weight excluding hydrogens is 212 g/mol. The van der Waals surface area contributed by atoms with Gasteiger partial charge < -0.3 is 10.6 Å². The Labute approximate surface area is 104 Å². The first kappa shape index (κ1) is 11.5. The highest BCUT2D eigenvalue weighted by Gasteiger charge is 2.53. The van der Waals surface area contributed by atoms with Crippen molar-refractivity contribution in [2.24, 2.45) is 17.3 Å². The Balaban J connectivity index is 1.38. The van der Waals surface area contributed by atoms with Gasteiger partial charge in [0.15, 0.2) is 0 Å². The van der Waals surface area contributed by atoms with Gasteiger partial charge in [0.05, 0.1) is 0 Å². The summed E-state index contributed by atoms with van der Waals surface area (Å²) >= 11 is 0. The molecule has 0 spiro atoms. The van der Waals surface area contributed by atoms with Crippen LogP contribution in [0.25, 0.3) is 0 Å². The summed E-state index contributed by atoms with van der Waals surface area (Å²) in [6, 6.07) is 0. The molecule has 3 fully saturated rings. The van der Waals surface area contributed by atoms with Gasteiger partial charge in [0.25, 0.3) is 0 Å². The summed E-state index contributed by atoms with van der Waals surface area (Å²) in [5.74, 6) is 1.80. The van der Waals surface area contributed by atoms with E-state index in [0.717, 1.165) is 32.0 Å². The van der Waals surface area contributed by atoms with Crippen LogP contribution >= 0.6 is 0 Å². The Morgan fingerprint density at radius 3 is 2.71 bits per heavy atom. The van der Waals surface area contributed by atoms with Crippen LogP contribution in [0.15, 0.2) is 0 Å². The predicted octanol–water partition coefficient (Wildman–Crippen LogP) is 1.68. The second-order valence-corrected chi connectivity index (χ2v) is 6.33. The lowest BCUT2D eigenvalue weighted by Crippen LogP contribution is -2.36. The van der Waals surface area contributed by atoms with Gasteiger partial charge >= 0.3 is 0 Å². The Hall–Kier alpha value is -0.570. The average Bonchev–Trinajstić information content (AvgIpc) is 3.20. The van der Waals surface area contributed by atoms with Crippen LogP contribution in [-0.2, 0) is 4.79 Å². The maximum atomic E-state index is 11.9. The van der Waals surface area contributed by atoms with Gasteiger partial charge in [-0.3, -0.25) is 4.79 Å². The molecule has 0 aromatic carbocycles. The van der Waals surface area contributed by atoms with Gasteiger partial charge in [0.1, 0.15) is 0 Å². The highest BCUT2D eigenvalue weighted by atomic mass is 16.1. The van der Waals surface area contributed by atoms with Crippen LogP contribution in [0.1, 0.15) is 44.9 Å². The van der Waals surface area contributed by atoms with Crippen LogP contribution in [0.5, 0.6) is 0 Å². The molecule has 1 unspecified atom stereocenters. The average molecular weight is 236 g/mol. The first-order valence-corrected chi connectivity index (χ1v) is 7.26. The fourth-order valence-corrected chi connectivity index (χ4v) is 3.29. The molecule has 1 atom stereocenters. The predicted molar refractivity (Wildman–Crippen MR) is 67.6 cm³/mol. The van der Waals surface area contributed by atoms with E-state index in [4.69, 9.17) is 0 Å². The molecule has 1 aliphatic heterocycles. The number of nitrogens with one attached hydrogen (secondary N) is 2. The van der Waals surface area contributed by atoms with Gasteiger partial charge in [-0.15, -0.1) is 0 Å². The summed E-state index contributed by atoms with van der Waals surface area (Å²) in [5.41, 5.74) is 0.542. The minimum absolute atomic E-state index is 0.283. The van der Waals surface area contributed by atoms with E-state index in [9.17, 15) is 4.79 Å². The molecular formula is C14H24N2O. The van der Waals surface area contributed by atoms with Gasteiger partial charge in [-0.2, -0.15) is 0 Å². The Morgan fingerprint density at radius 1 is 1.29 bits per heavy atom. The second kappa shape index (κ2) is 4.60. The minimum atomic E-state index is 0.283. The minimum Gasteiger partial charge on any atom is -0.356 e. The highest BCUT2D eigenvalue weighted by molar-refractivity contribution is 5.76. The SMILES string of the molecule is O=C(CC1CCCNC1)NCC1(C2CC2)CC1. The van der Waals surface area contributed by atoms with Gasteiger partial charge in [-0.05, 0) is 68.9 Å². The number of hydrogen-bond donors (Lipinski definition) is 2. The van der Waals surface area contributed by atoms with Crippen LogP contribution < -0.4 is 10.6 Å². The molecule has 0 radical (unpaired) electrons. The van der Waals surface area contributed by atoms with Crippen molar-refractivity contribution in [3.8, 4) is 0 Å². The normalized spacial score (nSPS) is 30.9. The van der Waals surface area contributed by atoms with E-state index in [2.05, 4.69) is 10.6 Å². The molecule has 0 aromatic rings. The molecule has 1 amide bonds. The van der Waals surface area contributed by atoms with Gasteiger partial charge in [-0.1, -0.05) is 0 Å². The first-order chi connectivity index (χ1) is 8.28. The van der Waals surface area contributed by atoms with Gasteiger partial charge in [0, 0.05) is 13.0 Å². The van der Waals surface area contributed by atoms with Crippen molar-refractivity contribution >= 4 is 5.91 Å². The largest absolute Gasteiger partial charge is 0.356 e. The van der Waals surface area contributed by atoms with Crippen LogP contribution in [-0.4, -0.2) is 25.5 Å². The molecule has 0 bridgehead atoms. The molecule has 96 valence electrons. The van der Waals surface area contributed by atoms with Crippen LogP contribution in [0.4, 0.5) is 0 Å². The summed E-state index contributed by atoms with van der Waals surface area (Å²) in [4.78, 5) is 11.9. The van der Waals surface area contributed by atoms with Gasteiger partial charge in [0.2, 0.25) is 5.91 Å². The zero-order valence-electron chi connectivity index (χ0n) is 10.6. The molecule has 3 nitrogen and oxygen atoms in total. The third-order valence-electron chi connectivity index (χ3n) is 4.85. The number of carbonyl (C=O) groups is 1. The maximum absolute atomic E-state index is 11.9.